The Balaban J connectivity index is 2.40. The molecule has 0 amide bonds. The van der Waals surface area contributed by atoms with E-state index < -0.39 is 6.10 Å². The fourth-order valence-electron chi connectivity index (χ4n) is 1.85. The van der Waals surface area contributed by atoms with Gasteiger partial charge in [0, 0.05) is 5.56 Å². The minimum atomic E-state index is -0.690. The first-order valence-corrected chi connectivity index (χ1v) is 7.08. The van der Waals surface area contributed by atoms with Crippen molar-refractivity contribution in [1.82, 2.24) is 0 Å². The summed E-state index contributed by atoms with van der Waals surface area (Å²) in [5.74, 6) is 1.73. The molecule has 4 nitrogen and oxygen atoms in total. The Labute approximate surface area is 131 Å². The molecule has 0 saturated heterocycles. The van der Waals surface area contributed by atoms with E-state index in [2.05, 4.69) is 22.0 Å². The van der Waals surface area contributed by atoms with Crippen LogP contribution in [0.5, 0.6) is 17.2 Å². The predicted octanol–water partition coefficient (Wildman–Crippen LogP) is 4.17. The molecule has 1 unspecified atom stereocenters. The summed E-state index contributed by atoms with van der Waals surface area (Å²) >= 11 is 3.41. The molecule has 0 saturated carbocycles. The Morgan fingerprint density at radius 1 is 1.19 bits per heavy atom. The molecule has 5 heteroatoms. The van der Waals surface area contributed by atoms with Gasteiger partial charge in [0.05, 0.1) is 29.3 Å². The maximum absolute atomic E-state index is 9.80. The Kier molecular flexibility index (Phi) is 4.84. The maximum atomic E-state index is 9.80. The second kappa shape index (κ2) is 6.61. The van der Waals surface area contributed by atoms with Gasteiger partial charge in [0.25, 0.3) is 0 Å². The first kappa shape index (κ1) is 15.4. The van der Waals surface area contributed by atoms with Crippen LogP contribution in [0.15, 0.2) is 40.9 Å². The molecule has 0 aromatic heterocycles. The molecule has 0 aliphatic carbocycles. The molecule has 1 N–H and O–H groups in total. The van der Waals surface area contributed by atoms with Crippen LogP contribution >= 0.6 is 15.9 Å². The standard InChI is InChI=1S/C16H14BrNO3/c1-10(19)13-5-3-11(9-18)7-16(13)21-15-6-4-12(20-2)8-14(15)17/h3-8,10,19H,1-2H3. The first-order chi connectivity index (χ1) is 10.0. The molecule has 2 rings (SSSR count). The van der Waals surface area contributed by atoms with E-state index in [1.54, 1.807) is 50.4 Å². The quantitative estimate of drug-likeness (QED) is 0.901. The van der Waals surface area contributed by atoms with Crippen molar-refractivity contribution in [2.45, 2.75) is 13.0 Å². The van der Waals surface area contributed by atoms with Crippen LogP contribution in [0, 0.1) is 11.3 Å². The third-order valence-electron chi connectivity index (χ3n) is 2.95. The molecule has 2 aromatic rings. The lowest BCUT2D eigenvalue weighted by atomic mass is 10.1. The molecule has 0 radical (unpaired) electrons. The number of rotatable bonds is 4. The topological polar surface area (TPSA) is 62.5 Å². The molecule has 0 aliphatic heterocycles. The number of benzene rings is 2. The monoisotopic (exact) mass is 347 g/mol. The van der Waals surface area contributed by atoms with Crippen LogP contribution in [0.25, 0.3) is 0 Å². The lowest BCUT2D eigenvalue weighted by Crippen LogP contribution is -1.97. The van der Waals surface area contributed by atoms with Crippen LogP contribution in [0.1, 0.15) is 24.2 Å². The van der Waals surface area contributed by atoms with E-state index in [9.17, 15) is 5.11 Å². The third-order valence-corrected chi connectivity index (χ3v) is 3.57. The normalized spacial score (nSPS) is 11.6. The van der Waals surface area contributed by atoms with Gasteiger partial charge in [0.2, 0.25) is 0 Å². The molecule has 0 fully saturated rings. The lowest BCUT2D eigenvalue weighted by Gasteiger charge is -2.15. The van der Waals surface area contributed by atoms with Gasteiger partial charge in [-0.2, -0.15) is 5.26 Å². The zero-order chi connectivity index (χ0) is 15.4. The van der Waals surface area contributed by atoms with Crippen LogP contribution in [0.3, 0.4) is 0 Å². The van der Waals surface area contributed by atoms with Gasteiger partial charge < -0.3 is 14.6 Å². The van der Waals surface area contributed by atoms with Crippen molar-refractivity contribution in [3.05, 3.63) is 52.0 Å². The fraction of sp³-hybridized carbons (Fsp3) is 0.188. The number of nitriles is 1. The van der Waals surface area contributed by atoms with Crippen molar-refractivity contribution in [3.8, 4) is 23.3 Å². The van der Waals surface area contributed by atoms with Crippen molar-refractivity contribution in [3.63, 3.8) is 0 Å². The lowest BCUT2D eigenvalue weighted by molar-refractivity contribution is 0.195. The van der Waals surface area contributed by atoms with E-state index in [0.29, 0.717) is 28.4 Å². The summed E-state index contributed by atoms with van der Waals surface area (Å²) in [6.07, 6.45) is -0.690. The van der Waals surface area contributed by atoms with Crippen molar-refractivity contribution in [2.24, 2.45) is 0 Å². The second-order valence-electron chi connectivity index (χ2n) is 4.44. The Morgan fingerprint density at radius 3 is 2.52 bits per heavy atom. The summed E-state index contributed by atoms with van der Waals surface area (Å²) in [4.78, 5) is 0. The zero-order valence-electron chi connectivity index (χ0n) is 11.6. The van der Waals surface area contributed by atoms with Gasteiger partial charge >= 0.3 is 0 Å². The van der Waals surface area contributed by atoms with Crippen molar-refractivity contribution in [1.29, 1.82) is 5.26 Å². The van der Waals surface area contributed by atoms with Crippen LogP contribution in [0.4, 0.5) is 0 Å². The summed E-state index contributed by atoms with van der Waals surface area (Å²) in [7, 11) is 1.59. The van der Waals surface area contributed by atoms with Gasteiger partial charge in [-0.05, 0) is 53.2 Å². The fourth-order valence-corrected chi connectivity index (χ4v) is 2.29. The smallest absolute Gasteiger partial charge is 0.141 e. The Morgan fingerprint density at radius 2 is 1.95 bits per heavy atom. The van der Waals surface area contributed by atoms with Gasteiger partial charge in [-0.15, -0.1) is 0 Å². The number of nitrogens with zero attached hydrogens (tertiary/aromatic N) is 1. The Bertz CT molecular complexity index is 692. The average molecular weight is 348 g/mol. The highest BCUT2D eigenvalue weighted by Gasteiger charge is 2.13. The summed E-state index contributed by atoms with van der Waals surface area (Å²) in [6.45, 7) is 1.65. The van der Waals surface area contributed by atoms with Gasteiger partial charge in [0.1, 0.15) is 17.2 Å². The van der Waals surface area contributed by atoms with Crippen LogP contribution < -0.4 is 9.47 Å². The molecule has 0 aliphatic rings. The summed E-state index contributed by atoms with van der Waals surface area (Å²) in [5.41, 5.74) is 1.09. The summed E-state index contributed by atoms with van der Waals surface area (Å²) in [6, 6.07) is 12.3. The molecule has 1 atom stereocenters. The maximum Gasteiger partial charge on any atom is 0.141 e. The van der Waals surface area contributed by atoms with Gasteiger partial charge in [-0.3, -0.25) is 0 Å². The van der Waals surface area contributed by atoms with Crippen LogP contribution in [-0.4, -0.2) is 12.2 Å². The highest BCUT2D eigenvalue weighted by Crippen LogP contribution is 2.36. The molecule has 0 bridgehead atoms. The zero-order valence-corrected chi connectivity index (χ0v) is 13.2. The number of halogens is 1. The van der Waals surface area contributed by atoms with Gasteiger partial charge in [0.15, 0.2) is 0 Å². The first-order valence-electron chi connectivity index (χ1n) is 6.28. The number of aliphatic hydroxyl groups excluding tert-OH is 1. The van der Waals surface area contributed by atoms with Crippen molar-refractivity contribution in [2.75, 3.05) is 7.11 Å². The van der Waals surface area contributed by atoms with E-state index in [1.807, 2.05) is 0 Å². The van der Waals surface area contributed by atoms with Crippen LogP contribution in [-0.2, 0) is 0 Å². The highest BCUT2D eigenvalue weighted by atomic mass is 79.9. The molecule has 21 heavy (non-hydrogen) atoms. The van der Waals surface area contributed by atoms with Crippen molar-refractivity contribution < 1.29 is 14.6 Å². The molecular formula is C16H14BrNO3. The number of hydrogen-bond donors (Lipinski definition) is 1. The van der Waals surface area contributed by atoms with E-state index in [0.717, 1.165) is 4.47 Å². The van der Waals surface area contributed by atoms with E-state index >= 15 is 0 Å². The number of hydrogen-bond acceptors (Lipinski definition) is 4. The molecule has 108 valence electrons. The summed E-state index contributed by atoms with van der Waals surface area (Å²) in [5, 5.41) is 18.8. The number of aliphatic hydroxyl groups is 1. The largest absolute Gasteiger partial charge is 0.497 e. The van der Waals surface area contributed by atoms with Crippen LogP contribution in [0.2, 0.25) is 0 Å². The summed E-state index contributed by atoms with van der Waals surface area (Å²) < 4.78 is 11.7. The third kappa shape index (κ3) is 3.54. The molecular weight excluding hydrogens is 334 g/mol. The van der Waals surface area contributed by atoms with Gasteiger partial charge in [-0.25, -0.2) is 0 Å². The highest BCUT2D eigenvalue weighted by molar-refractivity contribution is 9.10. The van der Waals surface area contributed by atoms with E-state index in [1.165, 1.54) is 0 Å². The SMILES string of the molecule is COc1ccc(Oc2cc(C#N)ccc2C(C)O)c(Br)c1. The minimum Gasteiger partial charge on any atom is -0.497 e. The van der Waals surface area contributed by atoms with E-state index in [-0.39, 0.29) is 0 Å². The van der Waals surface area contributed by atoms with E-state index in [4.69, 9.17) is 14.7 Å². The number of ether oxygens (including phenoxy) is 2. The Hall–Kier alpha value is -2.03. The molecule has 0 spiro atoms. The average Bonchev–Trinajstić information content (AvgIpc) is 2.48. The molecule has 0 heterocycles. The molecule has 2 aromatic carbocycles. The predicted molar refractivity (Wildman–Crippen MR) is 82.6 cm³/mol. The second-order valence-corrected chi connectivity index (χ2v) is 5.29. The van der Waals surface area contributed by atoms with Crippen molar-refractivity contribution >= 4 is 15.9 Å². The minimum absolute atomic E-state index is 0.454. The van der Waals surface area contributed by atoms with Gasteiger partial charge in [-0.1, -0.05) is 6.07 Å². The number of methoxy groups -OCH3 is 1.